The van der Waals surface area contributed by atoms with Gasteiger partial charge in [0.1, 0.15) is 5.75 Å². The Morgan fingerprint density at radius 2 is 2.14 bits per heavy atom. The number of rotatable bonds is 7. The predicted octanol–water partition coefficient (Wildman–Crippen LogP) is 1.51. The number of unbranched alkanes of at least 4 members (excludes halogenated alkanes) is 1. The first kappa shape index (κ1) is 17.5. The Hall–Kier alpha value is -1.55. The van der Waals surface area contributed by atoms with Crippen molar-refractivity contribution in [1.82, 2.24) is 4.72 Å². The molecule has 0 spiro atoms. The molecule has 0 radical (unpaired) electrons. The molecule has 0 unspecified atom stereocenters. The minimum atomic E-state index is -3.53. The second-order valence-electron chi connectivity index (χ2n) is 4.39. The van der Waals surface area contributed by atoms with Crippen molar-refractivity contribution >= 4 is 10.0 Å². The molecule has 2 N–H and O–H groups in total. The van der Waals surface area contributed by atoms with Crippen LogP contribution in [0.2, 0.25) is 0 Å². The summed E-state index contributed by atoms with van der Waals surface area (Å²) in [5.74, 6) is 6.09. The van der Waals surface area contributed by atoms with E-state index in [0.29, 0.717) is 24.3 Å². The highest BCUT2D eigenvalue weighted by atomic mass is 32.2. The third-order valence-electron chi connectivity index (χ3n) is 2.76. The Morgan fingerprint density at radius 3 is 2.76 bits per heavy atom. The summed E-state index contributed by atoms with van der Waals surface area (Å²) in [6.45, 7) is 2.37. The highest BCUT2D eigenvalue weighted by Gasteiger charge is 2.15. The minimum Gasteiger partial charge on any atom is -0.495 e. The van der Waals surface area contributed by atoms with Crippen LogP contribution in [0.4, 0.5) is 0 Å². The van der Waals surface area contributed by atoms with Crippen LogP contribution in [0.5, 0.6) is 5.75 Å². The number of sulfonamides is 1. The van der Waals surface area contributed by atoms with Crippen molar-refractivity contribution in [3.05, 3.63) is 23.8 Å². The smallest absolute Gasteiger partial charge is 0.240 e. The van der Waals surface area contributed by atoms with Gasteiger partial charge in [0.15, 0.2) is 0 Å². The molecule has 1 aromatic rings. The van der Waals surface area contributed by atoms with Crippen molar-refractivity contribution in [2.24, 2.45) is 0 Å². The Kier molecular flexibility index (Phi) is 7.23. The van der Waals surface area contributed by atoms with Gasteiger partial charge in [0.25, 0.3) is 0 Å². The summed E-state index contributed by atoms with van der Waals surface area (Å²) in [7, 11) is -2.03. The zero-order valence-corrected chi connectivity index (χ0v) is 13.2. The molecular formula is C15H21NO4S. The first-order valence-electron chi connectivity index (χ1n) is 6.82. The van der Waals surface area contributed by atoms with Crippen molar-refractivity contribution in [2.45, 2.75) is 31.1 Å². The number of hydrogen-bond donors (Lipinski definition) is 2. The minimum absolute atomic E-state index is 0.0358. The van der Waals surface area contributed by atoms with Crippen LogP contribution in [-0.4, -0.2) is 33.8 Å². The van der Waals surface area contributed by atoms with E-state index >= 15 is 0 Å². The molecule has 0 aliphatic carbocycles. The lowest BCUT2D eigenvalue weighted by Crippen LogP contribution is -2.24. The van der Waals surface area contributed by atoms with Crippen LogP contribution in [-0.2, 0) is 10.0 Å². The average Bonchev–Trinajstić information content (AvgIpc) is 2.47. The summed E-state index contributed by atoms with van der Waals surface area (Å²) in [6.07, 6.45) is 2.04. The SMILES string of the molecule is CCCCNS(=O)(=O)c1ccc(OC)c(C#CCCO)c1. The molecule has 6 heteroatoms. The van der Waals surface area contributed by atoms with E-state index in [4.69, 9.17) is 9.84 Å². The van der Waals surface area contributed by atoms with E-state index in [0.717, 1.165) is 12.8 Å². The van der Waals surface area contributed by atoms with Crippen molar-refractivity contribution in [3.8, 4) is 17.6 Å². The lowest BCUT2D eigenvalue weighted by atomic mass is 10.2. The number of hydrogen-bond acceptors (Lipinski definition) is 4. The summed E-state index contributed by atoms with van der Waals surface area (Å²) in [6, 6.07) is 4.55. The number of methoxy groups -OCH3 is 1. The van der Waals surface area contributed by atoms with E-state index in [1.807, 2.05) is 6.92 Å². The molecule has 0 aliphatic heterocycles. The van der Waals surface area contributed by atoms with E-state index in [-0.39, 0.29) is 11.5 Å². The Labute approximate surface area is 126 Å². The molecule has 0 heterocycles. The lowest BCUT2D eigenvalue weighted by Gasteiger charge is -2.09. The number of benzene rings is 1. The van der Waals surface area contributed by atoms with Gasteiger partial charge in [-0.15, -0.1) is 0 Å². The maximum absolute atomic E-state index is 12.1. The van der Waals surface area contributed by atoms with Gasteiger partial charge in [0.05, 0.1) is 24.2 Å². The standard InChI is InChI=1S/C15H21NO4S/c1-3-4-10-16-21(18,19)14-8-9-15(20-2)13(12-14)7-5-6-11-17/h8-9,12,16-17H,3-4,6,10-11H2,1-2H3. The molecule has 21 heavy (non-hydrogen) atoms. The van der Waals surface area contributed by atoms with Gasteiger partial charge in [-0.05, 0) is 24.6 Å². The molecule has 0 aromatic heterocycles. The van der Waals surface area contributed by atoms with Crippen LogP contribution in [0.1, 0.15) is 31.7 Å². The molecule has 0 aliphatic rings. The number of ether oxygens (including phenoxy) is 1. The summed E-state index contributed by atoms with van der Waals surface area (Å²) in [5.41, 5.74) is 0.490. The summed E-state index contributed by atoms with van der Waals surface area (Å²) in [4.78, 5) is 0.160. The first-order valence-corrected chi connectivity index (χ1v) is 8.31. The number of aliphatic hydroxyl groups is 1. The van der Waals surface area contributed by atoms with Gasteiger partial charge in [-0.1, -0.05) is 25.2 Å². The van der Waals surface area contributed by atoms with E-state index < -0.39 is 10.0 Å². The fourth-order valence-corrected chi connectivity index (χ4v) is 2.73. The van der Waals surface area contributed by atoms with Crippen molar-refractivity contribution in [1.29, 1.82) is 0 Å². The van der Waals surface area contributed by atoms with Crippen LogP contribution in [0.25, 0.3) is 0 Å². The Bertz CT molecular complexity index is 614. The van der Waals surface area contributed by atoms with Crippen molar-refractivity contribution < 1.29 is 18.3 Å². The van der Waals surface area contributed by atoms with E-state index in [1.165, 1.54) is 19.2 Å². The number of aliphatic hydroxyl groups excluding tert-OH is 1. The molecule has 116 valence electrons. The van der Waals surface area contributed by atoms with Gasteiger partial charge in [0, 0.05) is 13.0 Å². The molecule has 0 amide bonds. The largest absolute Gasteiger partial charge is 0.495 e. The fraction of sp³-hybridized carbons (Fsp3) is 0.467. The van der Waals surface area contributed by atoms with Crippen molar-refractivity contribution in [3.63, 3.8) is 0 Å². The second-order valence-corrected chi connectivity index (χ2v) is 6.16. The molecule has 1 aromatic carbocycles. The monoisotopic (exact) mass is 311 g/mol. The van der Waals surface area contributed by atoms with Gasteiger partial charge in [0.2, 0.25) is 10.0 Å². The van der Waals surface area contributed by atoms with Crippen LogP contribution < -0.4 is 9.46 Å². The maximum Gasteiger partial charge on any atom is 0.240 e. The quantitative estimate of drug-likeness (QED) is 0.591. The number of nitrogens with one attached hydrogen (secondary N) is 1. The molecule has 0 saturated carbocycles. The zero-order chi connectivity index (χ0) is 15.7. The lowest BCUT2D eigenvalue weighted by molar-refractivity contribution is 0.305. The molecule has 1 rings (SSSR count). The van der Waals surface area contributed by atoms with Crippen LogP contribution in [0.15, 0.2) is 23.1 Å². The summed E-state index contributed by atoms with van der Waals surface area (Å²) < 4.78 is 32.0. The highest BCUT2D eigenvalue weighted by Crippen LogP contribution is 2.21. The van der Waals surface area contributed by atoms with Gasteiger partial charge in [-0.25, -0.2) is 13.1 Å². The normalized spacial score (nSPS) is 10.8. The van der Waals surface area contributed by atoms with Crippen LogP contribution in [0.3, 0.4) is 0 Å². The van der Waals surface area contributed by atoms with Crippen LogP contribution >= 0.6 is 0 Å². The predicted molar refractivity (Wildman–Crippen MR) is 81.7 cm³/mol. The third-order valence-corrected chi connectivity index (χ3v) is 4.22. The Balaban J connectivity index is 3.04. The van der Waals surface area contributed by atoms with Crippen molar-refractivity contribution in [2.75, 3.05) is 20.3 Å². The van der Waals surface area contributed by atoms with E-state index in [2.05, 4.69) is 16.6 Å². The van der Waals surface area contributed by atoms with E-state index in [9.17, 15) is 8.42 Å². The molecule has 0 atom stereocenters. The zero-order valence-electron chi connectivity index (χ0n) is 12.3. The van der Waals surface area contributed by atoms with Crippen LogP contribution in [0, 0.1) is 11.8 Å². The molecular weight excluding hydrogens is 290 g/mol. The molecule has 5 nitrogen and oxygen atoms in total. The maximum atomic E-state index is 12.1. The van der Waals surface area contributed by atoms with Gasteiger partial charge >= 0.3 is 0 Å². The second kappa shape index (κ2) is 8.67. The van der Waals surface area contributed by atoms with E-state index in [1.54, 1.807) is 6.07 Å². The third kappa shape index (κ3) is 5.38. The average molecular weight is 311 g/mol. The summed E-state index contributed by atoms with van der Waals surface area (Å²) >= 11 is 0. The summed E-state index contributed by atoms with van der Waals surface area (Å²) in [5, 5.41) is 8.74. The molecule has 0 bridgehead atoms. The molecule has 0 saturated heterocycles. The Morgan fingerprint density at radius 1 is 1.38 bits per heavy atom. The highest BCUT2D eigenvalue weighted by molar-refractivity contribution is 7.89. The molecule has 0 fully saturated rings. The van der Waals surface area contributed by atoms with Gasteiger partial charge in [-0.2, -0.15) is 0 Å². The van der Waals surface area contributed by atoms with Gasteiger partial charge < -0.3 is 9.84 Å². The topological polar surface area (TPSA) is 75.6 Å². The fourth-order valence-electron chi connectivity index (χ4n) is 1.63. The van der Waals surface area contributed by atoms with Gasteiger partial charge in [-0.3, -0.25) is 0 Å². The first-order chi connectivity index (χ1) is 10.0.